The van der Waals surface area contributed by atoms with Crippen LogP contribution in [-0.2, 0) is 25.6 Å². The van der Waals surface area contributed by atoms with Gasteiger partial charge in [-0.3, -0.25) is 14.5 Å². The van der Waals surface area contributed by atoms with Crippen molar-refractivity contribution in [3.05, 3.63) is 58.5 Å². The summed E-state index contributed by atoms with van der Waals surface area (Å²) in [5.41, 5.74) is 7.91. The molecule has 0 spiro atoms. The first-order chi connectivity index (χ1) is 16.9. The van der Waals surface area contributed by atoms with Gasteiger partial charge < -0.3 is 25.8 Å². The average molecular weight is 514 g/mol. The van der Waals surface area contributed by atoms with Crippen molar-refractivity contribution >= 4 is 57.2 Å². The molecule has 0 aliphatic carbocycles. The number of oxime groups is 1. The number of carbonyl (C=O) groups is 3. The normalized spacial score (nSPS) is 20.0. The number of hydrogen-bond acceptors (Lipinski definition) is 10. The maximum absolute atomic E-state index is 13.0. The van der Waals surface area contributed by atoms with Gasteiger partial charge in [0.15, 0.2) is 17.0 Å². The number of nitrogens with one attached hydrogen (secondary N) is 2. The molecule has 0 radical (unpaired) electrons. The average Bonchev–Trinajstić information content (AvgIpc) is 3.46. The van der Waals surface area contributed by atoms with E-state index in [1.807, 2.05) is 28.9 Å². The molecule has 5 heterocycles. The maximum atomic E-state index is 13.0. The minimum atomic E-state index is -1.43. The van der Waals surface area contributed by atoms with E-state index in [0.717, 1.165) is 22.4 Å². The lowest BCUT2D eigenvalue weighted by molar-refractivity contribution is -0.576. The molecule has 2 aliphatic heterocycles. The SMILES string of the molecule is CO/N=C(\C(=O)N[C@@H]1C(=O)N2C(C(=O)[O-])=C(Cc3c[nH][n+]4ccccc34)CS[C@@H]12)c1csc(N)n1. The smallest absolute Gasteiger partial charge is 0.276 e. The van der Waals surface area contributed by atoms with Crippen molar-refractivity contribution in [1.29, 1.82) is 0 Å². The van der Waals surface area contributed by atoms with Crippen molar-refractivity contribution in [3.8, 4) is 0 Å². The number of carboxylic acids is 1. The van der Waals surface area contributed by atoms with E-state index in [4.69, 9.17) is 10.6 Å². The molecular weight excluding hydrogens is 494 g/mol. The number of rotatable bonds is 7. The van der Waals surface area contributed by atoms with Crippen LogP contribution in [0.4, 0.5) is 5.13 Å². The number of pyridine rings is 1. The quantitative estimate of drug-likeness (QED) is 0.153. The van der Waals surface area contributed by atoms with Crippen LogP contribution in [0.3, 0.4) is 0 Å². The van der Waals surface area contributed by atoms with Gasteiger partial charge in [-0.25, -0.2) is 4.98 Å². The van der Waals surface area contributed by atoms with Crippen LogP contribution in [0.25, 0.3) is 5.52 Å². The van der Waals surface area contributed by atoms with Crippen LogP contribution >= 0.6 is 23.1 Å². The molecule has 2 aliphatic rings. The maximum Gasteiger partial charge on any atom is 0.276 e. The molecule has 1 fully saturated rings. The highest BCUT2D eigenvalue weighted by molar-refractivity contribution is 8.00. The zero-order chi connectivity index (χ0) is 24.7. The lowest BCUT2D eigenvalue weighted by Gasteiger charge is -2.50. The Bertz CT molecular complexity index is 1410. The van der Waals surface area contributed by atoms with Crippen LogP contribution in [-0.4, -0.2) is 62.8 Å². The number of fused-ring (bicyclic) bond motifs is 2. The zero-order valence-corrected chi connectivity index (χ0v) is 19.9. The van der Waals surface area contributed by atoms with Crippen LogP contribution < -0.4 is 20.7 Å². The number of carboxylic acid groups (broad SMARTS) is 1. The summed E-state index contributed by atoms with van der Waals surface area (Å²) >= 11 is 2.50. The topological polar surface area (TPSA) is 170 Å². The van der Waals surface area contributed by atoms with Gasteiger partial charge >= 0.3 is 0 Å². The van der Waals surface area contributed by atoms with E-state index in [9.17, 15) is 19.5 Å². The standard InChI is InChI=1S/C21H19N7O5S2/c1-33-26-14(12-9-35-21(22)24-12)17(29)25-15-18(30)28-16(20(31)32)11(8-34-19(15)28)6-10-7-23-27-5-3-2-4-13(10)27/h2-5,7,9,15,19H,6,8H2,1H3,(H4,22,24,25,29,31,32)/b26-14-/t15-,19+/m1/s1. The van der Waals surface area contributed by atoms with Gasteiger partial charge in [0, 0.05) is 29.7 Å². The molecule has 2 amide bonds. The van der Waals surface area contributed by atoms with Gasteiger partial charge in [0.1, 0.15) is 24.2 Å². The number of hydrogen-bond donors (Lipinski definition) is 3. The van der Waals surface area contributed by atoms with Crippen molar-refractivity contribution in [2.45, 2.75) is 17.8 Å². The van der Waals surface area contributed by atoms with E-state index < -0.39 is 29.2 Å². The summed E-state index contributed by atoms with van der Waals surface area (Å²) in [7, 11) is 1.28. The van der Waals surface area contributed by atoms with Gasteiger partial charge in [-0.1, -0.05) is 9.67 Å². The third kappa shape index (κ3) is 4.00. The minimum absolute atomic E-state index is 0.138. The first-order valence-corrected chi connectivity index (χ1v) is 12.3. The van der Waals surface area contributed by atoms with Gasteiger partial charge in [-0.05, 0) is 11.6 Å². The van der Waals surface area contributed by atoms with Gasteiger partial charge in [0.2, 0.25) is 5.52 Å². The predicted octanol–water partition coefficient (Wildman–Crippen LogP) is -1.21. The lowest BCUT2D eigenvalue weighted by Crippen LogP contribution is -2.71. The Kier molecular flexibility index (Phi) is 5.90. The molecule has 0 aromatic carbocycles. The summed E-state index contributed by atoms with van der Waals surface area (Å²) < 4.78 is 1.82. The third-order valence-corrected chi connectivity index (χ3v) is 7.67. The molecule has 0 saturated carbocycles. The number of anilines is 1. The van der Waals surface area contributed by atoms with Gasteiger partial charge in [-0.15, -0.1) is 23.1 Å². The number of amides is 2. The Hall–Kier alpha value is -3.91. The van der Waals surface area contributed by atoms with E-state index >= 15 is 0 Å². The summed E-state index contributed by atoms with van der Waals surface area (Å²) in [6, 6.07) is 4.74. The number of aromatic nitrogens is 3. The largest absolute Gasteiger partial charge is 0.543 e. The second-order valence-electron chi connectivity index (χ2n) is 7.73. The number of H-pyrrole nitrogens is 1. The van der Waals surface area contributed by atoms with Crippen LogP contribution in [0.2, 0.25) is 0 Å². The number of carbonyl (C=O) groups excluding carboxylic acids is 3. The number of aromatic amines is 1. The summed E-state index contributed by atoms with van der Waals surface area (Å²) in [4.78, 5) is 47.9. The minimum Gasteiger partial charge on any atom is -0.543 e. The van der Waals surface area contributed by atoms with Crippen molar-refractivity contribution in [2.24, 2.45) is 5.16 Å². The Balaban J connectivity index is 1.37. The number of thiazole rings is 1. The Morgan fingerprint density at radius 1 is 1.46 bits per heavy atom. The fraction of sp³-hybridized carbons (Fsp3) is 0.238. The second kappa shape index (κ2) is 9.03. The summed E-state index contributed by atoms with van der Waals surface area (Å²) in [6.07, 6.45) is 3.98. The number of β-lactam (4-membered cyclic amide) rings is 1. The molecule has 2 atom stereocenters. The fourth-order valence-corrected chi connectivity index (χ4v) is 6.01. The van der Waals surface area contributed by atoms with Gasteiger partial charge in [0.25, 0.3) is 11.8 Å². The second-order valence-corrected chi connectivity index (χ2v) is 9.72. The molecule has 3 aromatic rings. The molecule has 0 unspecified atom stereocenters. The zero-order valence-electron chi connectivity index (χ0n) is 18.3. The van der Waals surface area contributed by atoms with Crippen molar-refractivity contribution in [1.82, 2.24) is 20.3 Å². The highest BCUT2D eigenvalue weighted by Gasteiger charge is 2.53. The highest BCUT2D eigenvalue weighted by atomic mass is 32.2. The van der Waals surface area contributed by atoms with Crippen LogP contribution in [0.1, 0.15) is 11.3 Å². The summed E-state index contributed by atoms with van der Waals surface area (Å²) in [6.45, 7) is 0. The molecule has 1 saturated heterocycles. The number of aliphatic carboxylic acids is 1. The van der Waals surface area contributed by atoms with Gasteiger partial charge in [-0.2, -0.15) is 5.10 Å². The molecule has 4 N–H and O–H groups in total. The number of nitrogens with zero attached hydrogens (tertiary/aromatic N) is 4. The molecule has 14 heteroatoms. The third-order valence-electron chi connectivity index (χ3n) is 5.66. The van der Waals surface area contributed by atoms with Crippen molar-refractivity contribution < 1.29 is 28.8 Å². The first-order valence-electron chi connectivity index (χ1n) is 10.4. The lowest BCUT2D eigenvalue weighted by atomic mass is 9.99. The van der Waals surface area contributed by atoms with Crippen molar-refractivity contribution in [3.63, 3.8) is 0 Å². The summed E-state index contributed by atoms with van der Waals surface area (Å²) in [5.74, 6) is -2.31. The molecule has 0 bridgehead atoms. The number of nitrogen functional groups attached to an aromatic ring is 1. The molecule has 3 aromatic heterocycles. The van der Waals surface area contributed by atoms with E-state index in [1.54, 1.807) is 11.6 Å². The van der Waals surface area contributed by atoms with Gasteiger partial charge in [0.05, 0.1) is 23.4 Å². The Labute approximate surface area is 206 Å². The highest BCUT2D eigenvalue weighted by Crippen LogP contribution is 2.41. The van der Waals surface area contributed by atoms with Crippen LogP contribution in [0.15, 0.2) is 52.4 Å². The molecule has 180 valence electrons. The Morgan fingerprint density at radius 3 is 3.00 bits per heavy atom. The Morgan fingerprint density at radius 2 is 2.29 bits per heavy atom. The fourth-order valence-electron chi connectivity index (χ4n) is 4.12. The van der Waals surface area contributed by atoms with E-state index in [1.165, 1.54) is 23.8 Å². The molecule has 5 rings (SSSR count). The predicted molar refractivity (Wildman–Crippen MR) is 125 cm³/mol. The number of thioether (sulfide) groups is 1. The molecule has 35 heavy (non-hydrogen) atoms. The summed E-state index contributed by atoms with van der Waals surface area (Å²) in [5, 5.41) is 22.7. The monoisotopic (exact) mass is 513 g/mol. The molecular formula is C21H19N7O5S2. The molecule has 12 nitrogen and oxygen atoms in total. The van der Waals surface area contributed by atoms with E-state index in [-0.39, 0.29) is 22.2 Å². The number of nitrogens with two attached hydrogens (primary N) is 1. The van der Waals surface area contributed by atoms with E-state index in [2.05, 4.69) is 20.6 Å². The van der Waals surface area contributed by atoms with Crippen LogP contribution in [0, 0.1) is 0 Å². The van der Waals surface area contributed by atoms with E-state index in [0.29, 0.717) is 17.7 Å². The van der Waals surface area contributed by atoms with Crippen molar-refractivity contribution in [2.75, 3.05) is 18.6 Å². The first kappa shape index (κ1) is 22.9. The van der Waals surface area contributed by atoms with Crippen LogP contribution in [0.5, 0.6) is 0 Å².